The van der Waals surface area contributed by atoms with Gasteiger partial charge in [-0.1, -0.05) is 12.1 Å². The molecule has 0 bridgehead atoms. The number of alkyl halides is 3. The molecule has 1 fully saturated rings. The van der Waals surface area contributed by atoms with Crippen molar-refractivity contribution in [2.75, 3.05) is 13.1 Å². The first kappa shape index (κ1) is 18.6. The summed E-state index contributed by atoms with van der Waals surface area (Å²) in [6, 6.07) is 4.89. The number of rotatable bonds is 4. The van der Waals surface area contributed by atoms with Crippen LogP contribution in [0.4, 0.5) is 13.2 Å². The fourth-order valence-corrected chi connectivity index (χ4v) is 2.94. The predicted octanol–water partition coefficient (Wildman–Crippen LogP) is 3.06. The molecule has 24 heavy (non-hydrogen) atoms. The van der Waals surface area contributed by atoms with Crippen molar-refractivity contribution in [2.45, 2.75) is 45.0 Å². The highest BCUT2D eigenvalue weighted by molar-refractivity contribution is 5.81. The maximum atomic E-state index is 13.0. The molecular weight excluding hydrogens is 321 g/mol. The van der Waals surface area contributed by atoms with E-state index in [9.17, 15) is 18.0 Å². The lowest BCUT2D eigenvalue weighted by atomic mass is 9.92. The van der Waals surface area contributed by atoms with Crippen molar-refractivity contribution in [3.63, 3.8) is 0 Å². The molecule has 1 aliphatic heterocycles. The van der Waals surface area contributed by atoms with E-state index >= 15 is 0 Å². The van der Waals surface area contributed by atoms with Crippen LogP contribution in [0.1, 0.15) is 32.3 Å². The summed E-state index contributed by atoms with van der Waals surface area (Å²) in [5.74, 6) is -0.429. The summed E-state index contributed by atoms with van der Waals surface area (Å²) < 4.78 is 44.4. The average molecular weight is 344 g/mol. The van der Waals surface area contributed by atoms with E-state index in [1.165, 1.54) is 25.1 Å². The molecule has 0 saturated carbocycles. The van der Waals surface area contributed by atoms with Crippen LogP contribution in [0.5, 0.6) is 5.75 Å². The summed E-state index contributed by atoms with van der Waals surface area (Å²) in [5.41, 5.74) is 5.02. The molecule has 1 saturated heterocycles. The van der Waals surface area contributed by atoms with Crippen molar-refractivity contribution < 1.29 is 22.7 Å². The second-order valence-electron chi connectivity index (χ2n) is 6.30. The minimum atomic E-state index is -4.52. The topological polar surface area (TPSA) is 55.6 Å². The molecule has 0 aromatic heterocycles. The lowest BCUT2D eigenvalue weighted by Crippen LogP contribution is -2.49. The van der Waals surface area contributed by atoms with Crippen LogP contribution in [0.25, 0.3) is 0 Å². The highest BCUT2D eigenvalue weighted by atomic mass is 19.4. The number of carbonyl (C=O) groups is 1. The summed E-state index contributed by atoms with van der Waals surface area (Å²) in [6.45, 7) is 4.48. The summed E-state index contributed by atoms with van der Waals surface area (Å²) in [5, 5.41) is 0. The monoisotopic (exact) mass is 344 g/mol. The van der Waals surface area contributed by atoms with Gasteiger partial charge in [-0.15, -0.1) is 0 Å². The molecule has 2 rings (SSSR count). The minimum absolute atomic E-state index is 0.0252. The molecular formula is C17H23F3N2O2. The fraction of sp³-hybridized carbons (Fsp3) is 0.588. The van der Waals surface area contributed by atoms with E-state index in [0.717, 1.165) is 18.9 Å². The Morgan fingerprint density at radius 2 is 2.00 bits per heavy atom. The van der Waals surface area contributed by atoms with Crippen molar-refractivity contribution in [1.82, 2.24) is 4.90 Å². The third-order valence-electron chi connectivity index (χ3n) is 4.36. The molecule has 134 valence electrons. The second kappa shape index (κ2) is 7.42. The zero-order valence-corrected chi connectivity index (χ0v) is 13.8. The Morgan fingerprint density at radius 3 is 2.62 bits per heavy atom. The maximum absolute atomic E-state index is 13.0. The van der Waals surface area contributed by atoms with Crippen molar-refractivity contribution in [3.05, 3.63) is 29.8 Å². The Balaban J connectivity index is 2.07. The first-order valence-corrected chi connectivity index (χ1v) is 8.07. The van der Waals surface area contributed by atoms with Gasteiger partial charge in [-0.3, -0.25) is 4.79 Å². The Bertz CT molecular complexity index is 575. The van der Waals surface area contributed by atoms with E-state index in [1.54, 1.807) is 4.90 Å². The van der Waals surface area contributed by atoms with E-state index in [-0.39, 0.29) is 23.6 Å². The summed E-state index contributed by atoms with van der Waals surface area (Å²) in [4.78, 5) is 14.1. The molecule has 7 heteroatoms. The van der Waals surface area contributed by atoms with Crippen molar-refractivity contribution >= 4 is 5.91 Å². The molecule has 1 aliphatic rings. The van der Waals surface area contributed by atoms with E-state index in [2.05, 4.69) is 0 Å². The molecule has 4 nitrogen and oxygen atoms in total. The summed E-state index contributed by atoms with van der Waals surface area (Å²) in [6.07, 6.45) is -3.72. The average Bonchev–Trinajstić information content (AvgIpc) is 2.53. The number of amides is 1. The quantitative estimate of drug-likeness (QED) is 0.913. The summed E-state index contributed by atoms with van der Waals surface area (Å²) >= 11 is 0. The highest BCUT2D eigenvalue weighted by Gasteiger charge is 2.35. The van der Waals surface area contributed by atoms with Crippen LogP contribution in [0.2, 0.25) is 0 Å². The Morgan fingerprint density at radius 1 is 1.33 bits per heavy atom. The molecule has 2 N–H and O–H groups in total. The minimum Gasteiger partial charge on any atom is -0.480 e. The van der Waals surface area contributed by atoms with Gasteiger partial charge in [0.05, 0.1) is 5.56 Å². The highest BCUT2D eigenvalue weighted by Crippen LogP contribution is 2.36. The zero-order chi connectivity index (χ0) is 17.9. The van der Waals surface area contributed by atoms with Gasteiger partial charge < -0.3 is 15.4 Å². The van der Waals surface area contributed by atoms with Gasteiger partial charge in [-0.05, 0) is 44.7 Å². The molecule has 0 aliphatic carbocycles. The number of benzene rings is 1. The zero-order valence-electron chi connectivity index (χ0n) is 13.8. The largest absolute Gasteiger partial charge is 0.480 e. The number of nitrogens with two attached hydrogens (primary N) is 1. The van der Waals surface area contributed by atoms with Crippen LogP contribution < -0.4 is 10.5 Å². The number of hydrogen-bond acceptors (Lipinski definition) is 3. The molecule has 1 amide bonds. The predicted molar refractivity (Wildman–Crippen MR) is 84.5 cm³/mol. The van der Waals surface area contributed by atoms with Gasteiger partial charge in [0, 0.05) is 19.1 Å². The van der Waals surface area contributed by atoms with Gasteiger partial charge in [-0.25, -0.2) is 0 Å². The lowest BCUT2D eigenvalue weighted by molar-refractivity contribution is -0.144. The Hall–Kier alpha value is -1.76. The van der Waals surface area contributed by atoms with Gasteiger partial charge in [-0.2, -0.15) is 13.2 Å². The number of nitrogens with zero attached hydrogens (tertiary/aromatic N) is 1. The third-order valence-corrected chi connectivity index (χ3v) is 4.36. The SMILES string of the molecule is C[C@H](Oc1ccccc1C(F)(F)F)C(=O)N1CCC[C@H]([C@@H](C)N)C1. The fourth-order valence-electron chi connectivity index (χ4n) is 2.94. The van der Waals surface area contributed by atoms with Gasteiger partial charge in [0.15, 0.2) is 6.10 Å². The van der Waals surface area contributed by atoms with E-state index in [4.69, 9.17) is 10.5 Å². The standard InChI is InChI=1S/C17H23F3N2O2/c1-11(21)13-6-5-9-22(10-13)16(23)12(2)24-15-8-4-3-7-14(15)17(18,19)20/h3-4,7-8,11-13H,5-6,9-10,21H2,1-2H3/t11-,12+,13+/m1/s1. The molecule has 1 aromatic rings. The first-order chi connectivity index (χ1) is 11.2. The molecule has 1 aromatic carbocycles. The van der Waals surface area contributed by atoms with Gasteiger partial charge in [0.25, 0.3) is 5.91 Å². The summed E-state index contributed by atoms with van der Waals surface area (Å²) in [7, 11) is 0. The second-order valence-corrected chi connectivity index (χ2v) is 6.30. The number of halogens is 3. The van der Waals surface area contributed by atoms with Crippen LogP contribution >= 0.6 is 0 Å². The molecule has 3 atom stereocenters. The van der Waals surface area contributed by atoms with E-state index < -0.39 is 17.8 Å². The van der Waals surface area contributed by atoms with Crippen molar-refractivity contribution in [1.29, 1.82) is 0 Å². The number of ether oxygens (including phenoxy) is 1. The van der Waals surface area contributed by atoms with Crippen LogP contribution in [0, 0.1) is 5.92 Å². The molecule has 0 unspecified atom stereocenters. The Labute approximate surface area is 139 Å². The van der Waals surface area contributed by atoms with Crippen molar-refractivity contribution in [2.24, 2.45) is 11.7 Å². The maximum Gasteiger partial charge on any atom is 0.419 e. The number of likely N-dealkylation sites (tertiary alicyclic amines) is 1. The van der Waals surface area contributed by atoms with Crippen LogP contribution in [-0.4, -0.2) is 36.0 Å². The number of hydrogen-bond donors (Lipinski definition) is 1. The third kappa shape index (κ3) is 4.41. The lowest BCUT2D eigenvalue weighted by Gasteiger charge is -2.36. The number of piperidine rings is 1. The Kier molecular flexibility index (Phi) is 5.74. The van der Waals surface area contributed by atoms with Gasteiger partial charge >= 0.3 is 6.18 Å². The smallest absolute Gasteiger partial charge is 0.419 e. The van der Waals surface area contributed by atoms with Gasteiger partial charge in [0.1, 0.15) is 5.75 Å². The molecule has 0 spiro atoms. The van der Waals surface area contributed by atoms with Crippen molar-refractivity contribution in [3.8, 4) is 5.75 Å². The van der Waals surface area contributed by atoms with E-state index in [1.807, 2.05) is 6.92 Å². The van der Waals surface area contributed by atoms with Gasteiger partial charge in [0.2, 0.25) is 0 Å². The number of para-hydroxylation sites is 1. The van der Waals surface area contributed by atoms with Crippen LogP contribution in [0.3, 0.4) is 0 Å². The number of carbonyl (C=O) groups excluding carboxylic acids is 1. The van der Waals surface area contributed by atoms with Crippen LogP contribution in [-0.2, 0) is 11.0 Å². The first-order valence-electron chi connectivity index (χ1n) is 8.07. The normalized spacial score (nSPS) is 21.2. The van der Waals surface area contributed by atoms with Crippen LogP contribution in [0.15, 0.2) is 24.3 Å². The molecule has 1 heterocycles. The molecule has 0 radical (unpaired) electrons. The van der Waals surface area contributed by atoms with E-state index in [0.29, 0.717) is 13.1 Å².